The summed E-state index contributed by atoms with van der Waals surface area (Å²) in [5, 5.41) is 18.6. The third-order valence-corrected chi connectivity index (χ3v) is 7.47. The number of carbonyl (C=O) groups is 1. The third-order valence-electron chi connectivity index (χ3n) is 5.66. The number of aryl methyl sites for hydroxylation is 1. The van der Waals surface area contributed by atoms with E-state index in [9.17, 15) is 18.3 Å². The summed E-state index contributed by atoms with van der Waals surface area (Å²) in [5.74, 6) is -0.747. The number of carboxylic acids is 1. The summed E-state index contributed by atoms with van der Waals surface area (Å²) in [5.41, 5.74) is 0.933. The molecular weight excluding hydrogens is 440 g/mol. The highest BCUT2D eigenvalue weighted by molar-refractivity contribution is 7.91. The molecule has 0 aromatic heterocycles. The Morgan fingerprint density at radius 2 is 1.36 bits per heavy atom. The second-order valence-electron chi connectivity index (χ2n) is 8.50. The van der Waals surface area contributed by atoms with Crippen molar-refractivity contribution < 1.29 is 28.2 Å². The summed E-state index contributed by atoms with van der Waals surface area (Å²) < 4.78 is 30.2. The zero-order chi connectivity index (χ0) is 24.1. The molecule has 0 aliphatic rings. The fourth-order valence-electron chi connectivity index (χ4n) is 3.64. The van der Waals surface area contributed by atoms with E-state index in [1.54, 1.807) is 18.2 Å². The summed E-state index contributed by atoms with van der Waals surface area (Å²) in [6.07, 6.45) is 10.5. The standard InChI is InChI=1S/C26H36O6S/c1-21-12-15-23(16-13-21)33(30,31)19-11-9-7-5-3-2-4-6-8-10-18-32-22-14-17-24(26(28)29)25(27)20-22/h12-17,20,27H,2-11,18-19H2,1H3,(H,28,29). The van der Waals surface area contributed by atoms with Crippen molar-refractivity contribution in [2.45, 2.75) is 76.0 Å². The minimum Gasteiger partial charge on any atom is -0.507 e. The van der Waals surface area contributed by atoms with Crippen LogP contribution in [0.2, 0.25) is 0 Å². The largest absolute Gasteiger partial charge is 0.507 e. The Morgan fingerprint density at radius 1 is 0.818 bits per heavy atom. The average molecular weight is 477 g/mol. The highest BCUT2D eigenvalue weighted by Crippen LogP contribution is 2.24. The fourth-order valence-corrected chi connectivity index (χ4v) is 5.01. The number of aromatic carboxylic acids is 1. The van der Waals surface area contributed by atoms with Crippen LogP contribution in [0.15, 0.2) is 47.4 Å². The summed E-state index contributed by atoms with van der Waals surface area (Å²) in [6, 6.07) is 11.3. The van der Waals surface area contributed by atoms with E-state index in [0.717, 1.165) is 44.1 Å². The van der Waals surface area contributed by atoms with E-state index in [-0.39, 0.29) is 17.1 Å². The van der Waals surface area contributed by atoms with Crippen molar-refractivity contribution in [2.24, 2.45) is 0 Å². The molecule has 0 aliphatic heterocycles. The minimum atomic E-state index is -3.16. The van der Waals surface area contributed by atoms with E-state index in [1.807, 2.05) is 19.1 Å². The number of sulfone groups is 1. The molecule has 0 saturated heterocycles. The van der Waals surface area contributed by atoms with Crippen molar-refractivity contribution in [2.75, 3.05) is 12.4 Å². The Hall–Kier alpha value is -2.54. The number of rotatable bonds is 16. The molecule has 0 atom stereocenters. The summed E-state index contributed by atoms with van der Waals surface area (Å²) in [7, 11) is -3.16. The van der Waals surface area contributed by atoms with Gasteiger partial charge in [0.05, 0.1) is 17.3 Å². The first-order valence-electron chi connectivity index (χ1n) is 11.8. The van der Waals surface area contributed by atoms with Gasteiger partial charge in [-0.25, -0.2) is 13.2 Å². The molecule has 2 N–H and O–H groups in total. The third kappa shape index (κ3) is 9.86. The molecular formula is C26H36O6S. The second-order valence-corrected chi connectivity index (χ2v) is 10.6. The predicted molar refractivity (Wildman–Crippen MR) is 130 cm³/mol. The number of carboxylic acid groups (broad SMARTS) is 1. The van der Waals surface area contributed by atoms with Crippen LogP contribution in [0.4, 0.5) is 0 Å². The molecule has 2 rings (SSSR count). The lowest BCUT2D eigenvalue weighted by molar-refractivity contribution is 0.0693. The summed E-state index contributed by atoms with van der Waals surface area (Å²) in [6.45, 7) is 2.49. The van der Waals surface area contributed by atoms with Gasteiger partial charge < -0.3 is 14.9 Å². The Kier molecular flexibility index (Phi) is 11.2. The lowest BCUT2D eigenvalue weighted by Crippen LogP contribution is -2.06. The molecule has 6 nitrogen and oxygen atoms in total. The van der Waals surface area contributed by atoms with Crippen LogP contribution in [0, 0.1) is 6.92 Å². The van der Waals surface area contributed by atoms with Gasteiger partial charge in [-0.3, -0.25) is 0 Å². The van der Waals surface area contributed by atoms with E-state index in [0.29, 0.717) is 23.7 Å². The average Bonchev–Trinajstić information content (AvgIpc) is 2.77. The number of ether oxygens (including phenoxy) is 1. The van der Waals surface area contributed by atoms with E-state index in [2.05, 4.69) is 0 Å². The van der Waals surface area contributed by atoms with E-state index in [1.165, 1.54) is 31.4 Å². The normalized spacial score (nSPS) is 11.4. The van der Waals surface area contributed by atoms with E-state index >= 15 is 0 Å². The summed E-state index contributed by atoms with van der Waals surface area (Å²) >= 11 is 0. The molecule has 182 valence electrons. The Bertz CT molecular complexity index is 967. The maximum Gasteiger partial charge on any atom is 0.339 e. The molecule has 2 aromatic carbocycles. The van der Waals surface area contributed by atoms with Crippen LogP contribution in [-0.2, 0) is 9.84 Å². The van der Waals surface area contributed by atoms with Gasteiger partial charge in [0.25, 0.3) is 0 Å². The first-order chi connectivity index (χ1) is 15.8. The molecule has 7 heteroatoms. The highest BCUT2D eigenvalue weighted by atomic mass is 32.2. The number of phenols is 1. The van der Waals surface area contributed by atoms with Gasteiger partial charge in [-0.2, -0.15) is 0 Å². The smallest absolute Gasteiger partial charge is 0.339 e. The van der Waals surface area contributed by atoms with Crippen molar-refractivity contribution in [1.82, 2.24) is 0 Å². The minimum absolute atomic E-state index is 0.130. The van der Waals surface area contributed by atoms with Crippen LogP contribution in [0.5, 0.6) is 11.5 Å². The van der Waals surface area contributed by atoms with Crippen molar-refractivity contribution in [3.8, 4) is 11.5 Å². The van der Waals surface area contributed by atoms with Crippen LogP contribution < -0.4 is 4.74 Å². The molecule has 0 spiro atoms. The quantitative estimate of drug-likeness (QED) is 0.282. The first-order valence-corrected chi connectivity index (χ1v) is 13.4. The number of aromatic hydroxyl groups is 1. The van der Waals surface area contributed by atoms with Gasteiger partial charge in [-0.15, -0.1) is 0 Å². The molecule has 0 heterocycles. The first kappa shape index (κ1) is 26.7. The van der Waals surface area contributed by atoms with E-state index in [4.69, 9.17) is 9.84 Å². The predicted octanol–water partition coefficient (Wildman–Crippen LogP) is 6.15. The monoisotopic (exact) mass is 476 g/mol. The number of unbranched alkanes of at least 4 members (excludes halogenated alkanes) is 9. The molecule has 0 fully saturated rings. The Labute approximate surface area is 197 Å². The molecule has 0 bridgehead atoms. The van der Waals surface area contributed by atoms with Crippen LogP contribution in [0.1, 0.15) is 80.1 Å². The lowest BCUT2D eigenvalue weighted by Gasteiger charge is -2.08. The van der Waals surface area contributed by atoms with Crippen LogP contribution >= 0.6 is 0 Å². The van der Waals surface area contributed by atoms with Crippen LogP contribution in [-0.4, -0.2) is 37.0 Å². The maximum atomic E-state index is 12.3. The van der Waals surface area contributed by atoms with Crippen molar-refractivity contribution in [3.05, 3.63) is 53.6 Å². The van der Waals surface area contributed by atoms with Crippen molar-refractivity contribution in [1.29, 1.82) is 0 Å². The van der Waals surface area contributed by atoms with Gasteiger partial charge >= 0.3 is 5.97 Å². The van der Waals surface area contributed by atoms with Crippen LogP contribution in [0.25, 0.3) is 0 Å². The van der Waals surface area contributed by atoms with Crippen molar-refractivity contribution >= 4 is 15.8 Å². The molecule has 33 heavy (non-hydrogen) atoms. The van der Waals surface area contributed by atoms with Crippen molar-refractivity contribution in [3.63, 3.8) is 0 Å². The molecule has 0 saturated carbocycles. The topological polar surface area (TPSA) is 101 Å². The Morgan fingerprint density at radius 3 is 1.91 bits per heavy atom. The van der Waals surface area contributed by atoms with Crippen LogP contribution in [0.3, 0.4) is 0 Å². The molecule has 2 aromatic rings. The molecule has 0 amide bonds. The molecule has 0 radical (unpaired) electrons. The second kappa shape index (κ2) is 13.9. The number of benzene rings is 2. The molecule has 0 unspecified atom stereocenters. The van der Waals surface area contributed by atoms with Gasteiger partial charge in [0.2, 0.25) is 0 Å². The van der Waals surface area contributed by atoms with Gasteiger partial charge in [0, 0.05) is 6.07 Å². The number of hydrogen-bond acceptors (Lipinski definition) is 5. The maximum absolute atomic E-state index is 12.3. The zero-order valence-corrected chi connectivity index (χ0v) is 20.3. The lowest BCUT2D eigenvalue weighted by atomic mass is 10.1. The summed E-state index contributed by atoms with van der Waals surface area (Å²) in [4.78, 5) is 11.3. The van der Waals surface area contributed by atoms with Gasteiger partial charge in [0.15, 0.2) is 9.84 Å². The zero-order valence-electron chi connectivity index (χ0n) is 19.5. The SMILES string of the molecule is Cc1ccc(S(=O)(=O)CCCCCCCCCCCCOc2ccc(C(=O)O)c(O)c2)cc1. The fraction of sp³-hybridized carbons (Fsp3) is 0.500. The van der Waals surface area contributed by atoms with Gasteiger partial charge in [-0.05, 0) is 44.0 Å². The highest BCUT2D eigenvalue weighted by Gasteiger charge is 2.13. The van der Waals surface area contributed by atoms with E-state index < -0.39 is 15.8 Å². The molecule has 0 aliphatic carbocycles. The van der Waals surface area contributed by atoms with Gasteiger partial charge in [0.1, 0.15) is 17.1 Å². The Balaban J connectivity index is 1.43. The van der Waals surface area contributed by atoms with Gasteiger partial charge in [-0.1, -0.05) is 69.1 Å². The number of hydrogen-bond donors (Lipinski definition) is 2.